The molecule has 0 bridgehead atoms. The highest BCUT2D eigenvalue weighted by atomic mass is 35.5. The van der Waals surface area contributed by atoms with Gasteiger partial charge in [-0.3, -0.25) is 9.59 Å². The minimum Gasteiger partial charge on any atom is -0.394 e. The van der Waals surface area contributed by atoms with Crippen molar-refractivity contribution >= 4 is 34.2 Å². The number of rotatable bonds is 7. The van der Waals surface area contributed by atoms with Crippen LogP contribution in [0.3, 0.4) is 0 Å². The molecule has 136 valence electrons. The number of carbonyl (C=O) groups is 2. The van der Waals surface area contributed by atoms with Gasteiger partial charge in [0.05, 0.1) is 6.61 Å². The Morgan fingerprint density at radius 1 is 1.24 bits per heavy atom. The highest BCUT2D eigenvalue weighted by molar-refractivity contribution is 6.31. The van der Waals surface area contributed by atoms with Crippen LogP contribution in [0.1, 0.15) is 17.3 Å². The number of aromatic nitrogens is 1. The largest absolute Gasteiger partial charge is 0.394 e. The van der Waals surface area contributed by atoms with E-state index in [1.54, 1.807) is 18.2 Å². The third kappa shape index (κ3) is 4.17. The van der Waals surface area contributed by atoms with E-state index in [0.717, 1.165) is 6.92 Å². The van der Waals surface area contributed by atoms with Crippen molar-refractivity contribution in [3.05, 3.63) is 35.0 Å². The maximum atomic E-state index is 12.8. The highest BCUT2D eigenvalue weighted by Gasteiger charge is 2.37. The molecule has 0 aliphatic heterocycles. The van der Waals surface area contributed by atoms with Crippen LogP contribution in [0.5, 0.6) is 0 Å². The zero-order valence-electron chi connectivity index (χ0n) is 13.3. The molecular weight excluding hydrogens is 352 g/mol. The highest BCUT2D eigenvalue weighted by Crippen LogP contribution is 2.24. The minimum atomic E-state index is -1.83. The number of carbonyl (C=O) groups excluding carboxylic acids is 2. The van der Waals surface area contributed by atoms with Crippen molar-refractivity contribution in [2.45, 2.75) is 31.3 Å². The van der Waals surface area contributed by atoms with Gasteiger partial charge >= 0.3 is 0 Å². The smallest absolute Gasteiger partial charge is 0.217 e. The molecule has 2 rings (SSSR count). The second-order valence-electron chi connectivity index (χ2n) is 5.67. The molecule has 6 N–H and O–H groups in total. The fourth-order valence-electron chi connectivity index (χ4n) is 2.53. The number of fused-ring (bicyclic) bond motifs is 1. The van der Waals surface area contributed by atoms with Crippen LogP contribution in [-0.2, 0) is 4.79 Å². The third-order valence-electron chi connectivity index (χ3n) is 3.82. The molecule has 0 aliphatic carbocycles. The van der Waals surface area contributed by atoms with Gasteiger partial charge in [0.15, 0.2) is 5.78 Å². The quantitative estimate of drug-likeness (QED) is 0.365. The predicted molar refractivity (Wildman–Crippen MR) is 90.4 cm³/mol. The number of ketones is 1. The van der Waals surface area contributed by atoms with Gasteiger partial charge in [-0.25, -0.2) is 0 Å². The molecular formula is C16H19ClN2O6. The molecule has 1 aromatic carbocycles. The molecule has 1 heterocycles. The number of nitrogens with one attached hydrogen (secondary N) is 2. The Labute approximate surface area is 148 Å². The van der Waals surface area contributed by atoms with Crippen molar-refractivity contribution in [1.82, 2.24) is 10.3 Å². The summed E-state index contributed by atoms with van der Waals surface area (Å²) in [6.45, 7) is 0.335. The topological polar surface area (TPSA) is 143 Å². The van der Waals surface area contributed by atoms with E-state index in [-0.39, 0.29) is 5.56 Å². The Balaban J connectivity index is 2.39. The summed E-state index contributed by atoms with van der Waals surface area (Å²) in [4.78, 5) is 27.1. The van der Waals surface area contributed by atoms with Crippen molar-refractivity contribution in [2.75, 3.05) is 6.61 Å². The van der Waals surface area contributed by atoms with Crippen LogP contribution < -0.4 is 5.32 Å². The van der Waals surface area contributed by atoms with Crippen LogP contribution >= 0.6 is 11.6 Å². The van der Waals surface area contributed by atoms with Crippen LogP contribution in [0.25, 0.3) is 10.9 Å². The lowest BCUT2D eigenvalue weighted by molar-refractivity contribution is -0.122. The van der Waals surface area contributed by atoms with Gasteiger partial charge < -0.3 is 30.7 Å². The van der Waals surface area contributed by atoms with Crippen molar-refractivity contribution in [1.29, 1.82) is 0 Å². The molecule has 1 aromatic heterocycles. The zero-order valence-corrected chi connectivity index (χ0v) is 14.1. The van der Waals surface area contributed by atoms with Crippen LogP contribution in [0.2, 0.25) is 5.02 Å². The van der Waals surface area contributed by atoms with Crippen LogP contribution in [0, 0.1) is 0 Å². The summed E-state index contributed by atoms with van der Waals surface area (Å²) in [7, 11) is 0. The van der Waals surface area contributed by atoms with Gasteiger partial charge in [-0.05, 0) is 12.1 Å². The second kappa shape index (κ2) is 7.94. The Kier molecular flexibility index (Phi) is 6.15. The normalized spacial score (nSPS) is 16.2. The predicted octanol–water partition coefficient (Wildman–Crippen LogP) is -0.416. The van der Waals surface area contributed by atoms with Crippen molar-refractivity contribution in [2.24, 2.45) is 0 Å². The first-order valence-electron chi connectivity index (χ1n) is 7.49. The van der Waals surface area contributed by atoms with Gasteiger partial charge in [0.25, 0.3) is 0 Å². The van der Waals surface area contributed by atoms with Crippen LogP contribution in [0.4, 0.5) is 0 Å². The first kappa shape index (κ1) is 19.4. The van der Waals surface area contributed by atoms with Crippen LogP contribution in [-0.4, -0.2) is 68.1 Å². The number of hydrogen-bond donors (Lipinski definition) is 6. The average Bonchev–Trinajstić information content (AvgIpc) is 2.99. The number of benzene rings is 1. The van der Waals surface area contributed by atoms with Gasteiger partial charge in [0, 0.05) is 34.6 Å². The number of H-pyrrole nitrogens is 1. The molecule has 4 atom stereocenters. The number of aliphatic hydroxyl groups is 4. The van der Waals surface area contributed by atoms with E-state index in [2.05, 4.69) is 10.3 Å². The summed E-state index contributed by atoms with van der Waals surface area (Å²) in [6, 6.07) is 3.30. The lowest BCUT2D eigenvalue weighted by atomic mass is 9.94. The summed E-state index contributed by atoms with van der Waals surface area (Å²) < 4.78 is 0. The lowest BCUT2D eigenvalue weighted by Crippen LogP contribution is -2.55. The number of aromatic amines is 1. The molecule has 0 saturated carbocycles. The molecule has 0 aliphatic rings. The molecule has 0 fully saturated rings. The molecule has 1 amide bonds. The number of aliphatic hydroxyl groups excluding tert-OH is 4. The van der Waals surface area contributed by atoms with E-state index in [4.69, 9.17) is 16.7 Å². The first-order valence-corrected chi connectivity index (χ1v) is 7.87. The molecule has 0 spiro atoms. The third-order valence-corrected chi connectivity index (χ3v) is 4.06. The number of amides is 1. The standard InChI is InChI=1S/C16H19ClN2O6/c1-7(21)19-13(16(25)15(24)12(22)6-20)14(23)10-5-18-11-4-8(17)2-3-9(10)11/h2-5,12-13,15-16,18,20,22,24-25H,6H2,1H3,(H,19,21)/t12-,13+,15+,16-/m1/s1. The summed E-state index contributed by atoms with van der Waals surface area (Å²) in [5, 5.41) is 41.7. The number of hydrogen-bond acceptors (Lipinski definition) is 6. The van der Waals surface area contributed by atoms with Crippen molar-refractivity contribution < 1.29 is 30.0 Å². The zero-order chi connectivity index (χ0) is 18.7. The maximum absolute atomic E-state index is 12.8. The molecule has 0 unspecified atom stereocenters. The fraction of sp³-hybridized carbons (Fsp3) is 0.375. The van der Waals surface area contributed by atoms with Gasteiger partial charge in [0.2, 0.25) is 5.91 Å². The van der Waals surface area contributed by atoms with E-state index in [9.17, 15) is 24.9 Å². The minimum absolute atomic E-state index is 0.176. The van der Waals surface area contributed by atoms with Gasteiger partial charge in [-0.15, -0.1) is 0 Å². The van der Waals surface area contributed by atoms with Gasteiger partial charge in [-0.2, -0.15) is 0 Å². The molecule has 8 nitrogen and oxygen atoms in total. The van der Waals surface area contributed by atoms with Gasteiger partial charge in [-0.1, -0.05) is 17.7 Å². The summed E-state index contributed by atoms with van der Waals surface area (Å²) in [5.41, 5.74) is 0.762. The monoisotopic (exact) mass is 370 g/mol. The molecule has 9 heteroatoms. The Morgan fingerprint density at radius 2 is 1.92 bits per heavy atom. The molecule has 0 saturated heterocycles. The molecule has 2 aromatic rings. The SMILES string of the molecule is CC(=O)N[C@@H](C(=O)c1c[nH]c2cc(Cl)ccc12)[C@@H](O)[C@@H](O)[C@H](O)CO. The van der Waals surface area contributed by atoms with Gasteiger partial charge in [0.1, 0.15) is 24.4 Å². The van der Waals surface area contributed by atoms with E-state index in [1.165, 1.54) is 6.20 Å². The van der Waals surface area contributed by atoms with E-state index < -0.39 is 42.7 Å². The second-order valence-corrected chi connectivity index (χ2v) is 6.10. The summed E-state index contributed by atoms with van der Waals surface area (Å²) >= 11 is 5.90. The Hall–Kier alpha value is -1.97. The maximum Gasteiger partial charge on any atom is 0.217 e. The van der Waals surface area contributed by atoms with Crippen LogP contribution in [0.15, 0.2) is 24.4 Å². The van der Waals surface area contributed by atoms with E-state index in [1.807, 2.05) is 0 Å². The average molecular weight is 371 g/mol. The molecule has 0 radical (unpaired) electrons. The summed E-state index contributed by atoms with van der Waals surface area (Å²) in [5.74, 6) is -1.27. The first-order chi connectivity index (χ1) is 11.8. The Bertz CT molecular complexity index is 777. The van der Waals surface area contributed by atoms with Crippen molar-refractivity contribution in [3.63, 3.8) is 0 Å². The molecule has 25 heavy (non-hydrogen) atoms. The Morgan fingerprint density at radius 3 is 2.52 bits per heavy atom. The number of halogens is 1. The summed E-state index contributed by atoms with van der Waals surface area (Å²) in [6.07, 6.45) is -3.92. The lowest BCUT2D eigenvalue weighted by Gasteiger charge is -2.28. The van der Waals surface area contributed by atoms with Crippen molar-refractivity contribution in [3.8, 4) is 0 Å². The number of Topliss-reactive ketones (excluding diaryl/α,β-unsaturated/α-hetero) is 1. The van der Waals surface area contributed by atoms with E-state index in [0.29, 0.717) is 15.9 Å². The fourth-order valence-corrected chi connectivity index (χ4v) is 2.70. The van der Waals surface area contributed by atoms with E-state index >= 15 is 0 Å².